The molecule has 0 aromatic carbocycles. The number of rotatable bonds is 33. The fourth-order valence-electron chi connectivity index (χ4n) is 6.56. The van der Waals surface area contributed by atoms with E-state index < -0.39 is 0 Å². The number of unbranched alkanes of at least 4 members (excludes halogenated alkanes) is 17. The van der Waals surface area contributed by atoms with Gasteiger partial charge in [0, 0.05) is 19.5 Å². The van der Waals surface area contributed by atoms with Gasteiger partial charge in [0.1, 0.15) is 0 Å². The highest BCUT2D eigenvalue weighted by molar-refractivity contribution is 5.76. The van der Waals surface area contributed by atoms with E-state index >= 15 is 0 Å². The Kier molecular flexibility index (Phi) is 31.4. The van der Waals surface area contributed by atoms with Crippen molar-refractivity contribution in [1.29, 1.82) is 0 Å². The van der Waals surface area contributed by atoms with Crippen LogP contribution in [0.3, 0.4) is 0 Å². The second-order valence-electron chi connectivity index (χ2n) is 14.1. The predicted molar refractivity (Wildman–Crippen MR) is 189 cm³/mol. The zero-order valence-corrected chi connectivity index (χ0v) is 30.2. The third-order valence-electron chi connectivity index (χ3n) is 9.42. The number of nitrogens with zero attached hydrogens (tertiary/aromatic N) is 2. The molecule has 0 spiro atoms. The Balaban J connectivity index is 5.41. The molecule has 1 amide bonds. The Morgan fingerprint density at radius 1 is 0.452 bits per heavy atom. The lowest BCUT2D eigenvalue weighted by Gasteiger charge is -2.32. The number of amides is 1. The summed E-state index contributed by atoms with van der Waals surface area (Å²) >= 11 is 0. The number of carbonyl (C=O) groups is 1. The smallest absolute Gasteiger partial charge is 0.222 e. The topological polar surface area (TPSA) is 23.6 Å². The summed E-state index contributed by atoms with van der Waals surface area (Å²) in [6.07, 6.45) is 35.4. The zero-order chi connectivity index (χ0) is 31.1. The Bertz CT molecular complexity index is 515. The molecule has 0 aliphatic heterocycles. The summed E-state index contributed by atoms with van der Waals surface area (Å²) in [5, 5.41) is 0. The fourth-order valence-corrected chi connectivity index (χ4v) is 6.56. The molecule has 0 fully saturated rings. The van der Waals surface area contributed by atoms with Crippen LogP contribution in [-0.2, 0) is 4.79 Å². The molecule has 0 rings (SSSR count). The van der Waals surface area contributed by atoms with Gasteiger partial charge in [-0.15, -0.1) is 0 Å². The van der Waals surface area contributed by atoms with Crippen LogP contribution in [0, 0.1) is 11.8 Å². The molecule has 0 bridgehead atoms. The second kappa shape index (κ2) is 31.8. The quantitative estimate of drug-likeness (QED) is 0.0708. The summed E-state index contributed by atoms with van der Waals surface area (Å²) < 4.78 is 0. The Morgan fingerprint density at radius 2 is 0.786 bits per heavy atom. The van der Waals surface area contributed by atoms with E-state index in [2.05, 4.69) is 51.6 Å². The minimum Gasteiger partial charge on any atom is -0.342 e. The van der Waals surface area contributed by atoms with Gasteiger partial charge >= 0.3 is 0 Å². The maximum absolute atomic E-state index is 13.8. The highest BCUT2D eigenvalue weighted by Gasteiger charge is 2.22. The van der Waals surface area contributed by atoms with Crippen molar-refractivity contribution in [2.24, 2.45) is 11.8 Å². The van der Waals surface area contributed by atoms with Gasteiger partial charge < -0.3 is 9.80 Å². The summed E-state index contributed by atoms with van der Waals surface area (Å²) in [7, 11) is 4.29. The van der Waals surface area contributed by atoms with Crippen molar-refractivity contribution in [3.63, 3.8) is 0 Å². The first kappa shape index (κ1) is 41.4. The first-order chi connectivity index (χ1) is 20.5. The number of hydrogen-bond acceptors (Lipinski definition) is 2. The van der Waals surface area contributed by atoms with Crippen LogP contribution in [0.2, 0.25) is 0 Å². The monoisotopic (exact) mass is 593 g/mol. The third-order valence-corrected chi connectivity index (χ3v) is 9.42. The SMILES string of the molecule is CCCCCCCCC(CCCCCC)CN(CC(CCCCCC)CCCCCCCC)C(=O)CCCCN(C)C. The molecular weight excluding hydrogens is 512 g/mol. The second-order valence-corrected chi connectivity index (χ2v) is 14.1. The van der Waals surface area contributed by atoms with Crippen LogP contribution in [0.5, 0.6) is 0 Å². The van der Waals surface area contributed by atoms with Crippen LogP contribution in [0.25, 0.3) is 0 Å². The van der Waals surface area contributed by atoms with Gasteiger partial charge in [-0.1, -0.05) is 156 Å². The highest BCUT2D eigenvalue weighted by atomic mass is 16.2. The largest absolute Gasteiger partial charge is 0.342 e. The van der Waals surface area contributed by atoms with Gasteiger partial charge in [0.15, 0.2) is 0 Å². The van der Waals surface area contributed by atoms with Crippen LogP contribution >= 0.6 is 0 Å². The predicted octanol–water partition coefficient (Wildman–Crippen LogP) is 12.2. The molecule has 0 aliphatic rings. The molecule has 0 N–H and O–H groups in total. The molecule has 0 radical (unpaired) electrons. The molecule has 0 aliphatic carbocycles. The lowest BCUT2D eigenvalue weighted by molar-refractivity contribution is -0.132. The molecule has 2 atom stereocenters. The normalized spacial score (nSPS) is 13.1. The lowest BCUT2D eigenvalue weighted by Crippen LogP contribution is -2.39. The van der Waals surface area contributed by atoms with Crippen molar-refractivity contribution in [2.45, 2.75) is 201 Å². The molecular formula is C39H80N2O. The van der Waals surface area contributed by atoms with Crippen molar-refractivity contribution >= 4 is 5.91 Å². The average molecular weight is 593 g/mol. The first-order valence-electron chi connectivity index (χ1n) is 19.4. The van der Waals surface area contributed by atoms with Crippen molar-refractivity contribution in [3.05, 3.63) is 0 Å². The van der Waals surface area contributed by atoms with Crippen LogP contribution in [0.1, 0.15) is 201 Å². The van der Waals surface area contributed by atoms with Crippen LogP contribution < -0.4 is 0 Å². The van der Waals surface area contributed by atoms with E-state index in [0.29, 0.717) is 17.7 Å². The van der Waals surface area contributed by atoms with Gasteiger partial charge in [-0.05, 0) is 71.0 Å². The minimum atomic E-state index is 0.455. The van der Waals surface area contributed by atoms with E-state index in [-0.39, 0.29) is 0 Å². The van der Waals surface area contributed by atoms with E-state index in [4.69, 9.17) is 0 Å². The Hall–Kier alpha value is -0.570. The Labute approximate surface area is 266 Å². The third kappa shape index (κ3) is 27.0. The molecule has 0 saturated carbocycles. The molecule has 0 aromatic rings. The molecule has 252 valence electrons. The maximum atomic E-state index is 13.8. The summed E-state index contributed by atoms with van der Waals surface area (Å²) in [6.45, 7) is 12.4. The number of carbonyl (C=O) groups excluding carboxylic acids is 1. The molecule has 0 aromatic heterocycles. The molecule has 3 heteroatoms. The standard InChI is InChI=1S/C39H80N2O/c1-7-11-15-19-21-25-31-37(29-23-17-13-9-3)35-41(39(42)33-27-28-34-40(5)6)36-38(30-24-18-14-10-4)32-26-22-20-16-12-8-2/h37-38H,7-36H2,1-6H3. The summed E-state index contributed by atoms with van der Waals surface area (Å²) in [5.74, 6) is 1.83. The van der Waals surface area contributed by atoms with Gasteiger partial charge in [0.25, 0.3) is 0 Å². The van der Waals surface area contributed by atoms with Gasteiger partial charge in [-0.25, -0.2) is 0 Å². The van der Waals surface area contributed by atoms with E-state index in [1.165, 1.54) is 154 Å². The summed E-state index contributed by atoms with van der Waals surface area (Å²) in [5.41, 5.74) is 0. The minimum absolute atomic E-state index is 0.455. The fraction of sp³-hybridized carbons (Fsp3) is 0.974. The van der Waals surface area contributed by atoms with Gasteiger partial charge in [-0.3, -0.25) is 4.79 Å². The summed E-state index contributed by atoms with van der Waals surface area (Å²) in [4.78, 5) is 18.5. The highest BCUT2D eigenvalue weighted by Crippen LogP contribution is 2.25. The van der Waals surface area contributed by atoms with Crippen molar-refractivity contribution in [3.8, 4) is 0 Å². The van der Waals surface area contributed by atoms with Crippen LogP contribution in [0.4, 0.5) is 0 Å². The van der Waals surface area contributed by atoms with Gasteiger partial charge in [0.05, 0.1) is 0 Å². The van der Waals surface area contributed by atoms with Crippen molar-refractivity contribution < 1.29 is 4.79 Å². The average Bonchev–Trinajstić information content (AvgIpc) is 2.97. The van der Waals surface area contributed by atoms with Crippen molar-refractivity contribution in [1.82, 2.24) is 9.80 Å². The first-order valence-corrected chi connectivity index (χ1v) is 19.4. The lowest BCUT2D eigenvalue weighted by atomic mass is 9.91. The molecule has 42 heavy (non-hydrogen) atoms. The van der Waals surface area contributed by atoms with Gasteiger partial charge in [-0.2, -0.15) is 0 Å². The van der Waals surface area contributed by atoms with Crippen LogP contribution in [-0.4, -0.2) is 49.4 Å². The van der Waals surface area contributed by atoms with E-state index in [1.54, 1.807) is 0 Å². The van der Waals surface area contributed by atoms with E-state index in [0.717, 1.165) is 38.9 Å². The number of hydrogen-bond donors (Lipinski definition) is 0. The maximum Gasteiger partial charge on any atom is 0.222 e. The molecule has 0 heterocycles. The summed E-state index contributed by atoms with van der Waals surface area (Å²) in [6, 6.07) is 0. The Morgan fingerprint density at radius 3 is 1.14 bits per heavy atom. The zero-order valence-electron chi connectivity index (χ0n) is 30.2. The van der Waals surface area contributed by atoms with E-state index in [9.17, 15) is 4.79 Å². The van der Waals surface area contributed by atoms with Crippen molar-refractivity contribution in [2.75, 3.05) is 33.7 Å². The van der Waals surface area contributed by atoms with Gasteiger partial charge in [0.2, 0.25) is 5.91 Å². The van der Waals surface area contributed by atoms with E-state index in [1.807, 2.05) is 0 Å². The molecule has 0 saturated heterocycles. The van der Waals surface area contributed by atoms with Crippen LogP contribution in [0.15, 0.2) is 0 Å². The molecule has 3 nitrogen and oxygen atoms in total. The molecule has 2 unspecified atom stereocenters.